The van der Waals surface area contributed by atoms with Gasteiger partial charge in [-0.3, -0.25) is 14.8 Å². The Morgan fingerprint density at radius 1 is 0.971 bits per heavy atom. The fourth-order valence-corrected chi connectivity index (χ4v) is 3.77. The quantitative estimate of drug-likeness (QED) is 0.325. The fraction of sp³-hybridized carbons (Fsp3) is 0.148. The number of anilines is 1. The maximum atomic E-state index is 13.9. The number of aliphatic hydroxyl groups excluding tert-OH is 1. The minimum Gasteiger partial charge on any atom is -0.387 e. The van der Waals surface area contributed by atoms with E-state index < -0.39 is 12.0 Å². The van der Waals surface area contributed by atoms with Crippen LogP contribution in [-0.4, -0.2) is 27.1 Å². The summed E-state index contributed by atoms with van der Waals surface area (Å²) in [6.45, 7) is 1.04. The predicted octanol–water partition coefficient (Wildman–Crippen LogP) is 6.12. The number of nitrogens with one attached hydrogen (secondary N) is 1. The van der Waals surface area contributed by atoms with Gasteiger partial charge in [0.25, 0.3) is 5.92 Å². The minimum atomic E-state index is -3.35. The summed E-state index contributed by atoms with van der Waals surface area (Å²) in [6.07, 6.45) is 1.45. The second-order valence-corrected chi connectivity index (χ2v) is 8.50. The predicted molar refractivity (Wildman–Crippen MR) is 132 cm³/mol. The largest absolute Gasteiger partial charge is 0.387 e. The zero-order chi connectivity index (χ0) is 25.0. The van der Waals surface area contributed by atoms with Gasteiger partial charge in [0.2, 0.25) is 5.91 Å². The molecule has 8 heteroatoms. The van der Waals surface area contributed by atoms with Crippen molar-refractivity contribution in [1.29, 1.82) is 0 Å². The third-order valence-electron chi connectivity index (χ3n) is 5.47. The highest BCUT2D eigenvalue weighted by atomic mass is 35.5. The van der Waals surface area contributed by atoms with E-state index in [-0.39, 0.29) is 17.9 Å². The average Bonchev–Trinajstić information content (AvgIpc) is 2.85. The standard InChI is InChI=1S/C27H22ClF2N3O2/c1-17(34)27(29,30)21-9-5-18(6-10-21)15-24(35)33-23-11-7-19(8-12-23)25-26(32-14-13-31-25)20-3-2-4-22(28)16-20/h2-14,16-17,34H,15H2,1H3,(H,33,35). The lowest BCUT2D eigenvalue weighted by atomic mass is 10.0. The number of carbonyl (C=O) groups excluding carboxylic acids is 1. The molecule has 2 N–H and O–H groups in total. The maximum Gasteiger partial charge on any atom is 0.298 e. The molecule has 0 saturated carbocycles. The van der Waals surface area contributed by atoms with Crippen molar-refractivity contribution in [3.8, 4) is 22.5 Å². The minimum absolute atomic E-state index is 0.0192. The first-order chi connectivity index (χ1) is 16.7. The normalized spacial score (nSPS) is 12.3. The molecule has 1 atom stereocenters. The van der Waals surface area contributed by atoms with E-state index in [4.69, 9.17) is 11.6 Å². The molecule has 0 aliphatic carbocycles. The van der Waals surface area contributed by atoms with E-state index in [0.717, 1.165) is 18.1 Å². The maximum absolute atomic E-state index is 13.9. The van der Waals surface area contributed by atoms with Crippen LogP contribution in [0.2, 0.25) is 5.02 Å². The third kappa shape index (κ3) is 5.70. The number of amides is 1. The molecule has 0 aliphatic heterocycles. The van der Waals surface area contributed by atoms with Crippen LogP contribution in [0.5, 0.6) is 0 Å². The van der Waals surface area contributed by atoms with Gasteiger partial charge >= 0.3 is 0 Å². The van der Waals surface area contributed by atoms with Crippen LogP contribution in [0.15, 0.2) is 85.2 Å². The first kappa shape index (κ1) is 24.4. The number of aliphatic hydroxyl groups is 1. The molecule has 0 radical (unpaired) electrons. The topological polar surface area (TPSA) is 75.1 Å². The van der Waals surface area contributed by atoms with Gasteiger partial charge in [-0.2, -0.15) is 8.78 Å². The second-order valence-electron chi connectivity index (χ2n) is 8.06. The Morgan fingerprint density at radius 2 is 1.60 bits per heavy atom. The molecule has 1 unspecified atom stereocenters. The van der Waals surface area contributed by atoms with Gasteiger partial charge in [-0.15, -0.1) is 0 Å². The lowest BCUT2D eigenvalue weighted by Crippen LogP contribution is -2.27. The van der Waals surface area contributed by atoms with Gasteiger partial charge in [-0.25, -0.2) is 0 Å². The van der Waals surface area contributed by atoms with Crippen LogP contribution in [-0.2, 0) is 17.1 Å². The smallest absolute Gasteiger partial charge is 0.298 e. The summed E-state index contributed by atoms with van der Waals surface area (Å²) >= 11 is 6.13. The molecule has 1 heterocycles. The van der Waals surface area contributed by atoms with Crippen LogP contribution in [0.25, 0.3) is 22.5 Å². The number of halogens is 3. The zero-order valence-electron chi connectivity index (χ0n) is 18.8. The number of alkyl halides is 2. The van der Waals surface area contributed by atoms with E-state index >= 15 is 0 Å². The van der Waals surface area contributed by atoms with Crippen molar-refractivity contribution in [2.24, 2.45) is 0 Å². The summed E-state index contributed by atoms with van der Waals surface area (Å²) in [4.78, 5) is 21.4. The van der Waals surface area contributed by atoms with Gasteiger partial charge < -0.3 is 10.4 Å². The highest BCUT2D eigenvalue weighted by Gasteiger charge is 2.37. The number of rotatable bonds is 7. The van der Waals surface area contributed by atoms with Crippen LogP contribution in [0.4, 0.5) is 14.5 Å². The molecule has 35 heavy (non-hydrogen) atoms. The molecule has 0 aliphatic rings. The van der Waals surface area contributed by atoms with E-state index in [1.165, 1.54) is 24.3 Å². The Hall–Kier alpha value is -3.68. The number of hydrogen-bond donors (Lipinski definition) is 2. The van der Waals surface area contributed by atoms with Crippen LogP contribution in [0.3, 0.4) is 0 Å². The van der Waals surface area contributed by atoms with Crippen molar-refractivity contribution in [2.45, 2.75) is 25.4 Å². The monoisotopic (exact) mass is 493 g/mol. The lowest BCUT2D eigenvalue weighted by molar-refractivity contribution is -0.115. The Kier molecular flexibility index (Phi) is 7.19. The summed E-state index contributed by atoms with van der Waals surface area (Å²) in [5.41, 5.74) is 3.90. The molecule has 4 rings (SSSR count). The summed E-state index contributed by atoms with van der Waals surface area (Å²) < 4.78 is 27.8. The number of benzene rings is 3. The molecule has 0 spiro atoms. The molecule has 5 nitrogen and oxygen atoms in total. The Balaban J connectivity index is 1.45. The molecule has 0 saturated heterocycles. The van der Waals surface area contributed by atoms with Crippen LogP contribution in [0, 0.1) is 0 Å². The molecule has 0 bridgehead atoms. The van der Waals surface area contributed by atoms with Gasteiger partial charge in [-0.1, -0.05) is 60.1 Å². The van der Waals surface area contributed by atoms with Gasteiger partial charge in [0, 0.05) is 39.8 Å². The zero-order valence-corrected chi connectivity index (χ0v) is 19.5. The Morgan fingerprint density at radius 3 is 2.20 bits per heavy atom. The molecule has 1 aromatic heterocycles. The highest BCUT2D eigenvalue weighted by Crippen LogP contribution is 2.32. The van der Waals surface area contributed by atoms with Crippen molar-refractivity contribution in [3.05, 3.63) is 101 Å². The Labute approximate surface area is 206 Å². The molecular weight excluding hydrogens is 472 g/mol. The number of nitrogens with zero attached hydrogens (tertiary/aromatic N) is 2. The summed E-state index contributed by atoms with van der Waals surface area (Å²) in [5.74, 6) is -3.63. The van der Waals surface area contributed by atoms with Crippen molar-refractivity contribution in [3.63, 3.8) is 0 Å². The molecule has 3 aromatic carbocycles. The molecule has 0 fully saturated rings. The summed E-state index contributed by atoms with van der Waals surface area (Å²) in [6, 6.07) is 19.9. The van der Waals surface area contributed by atoms with Gasteiger partial charge in [-0.05, 0) is 36.8 Å². The van der Waals surface area contributed by atoms with Gasteiger partial charge in [0.05, 0.1) is 17.8 Å². The number of carbonyl (C=O) groups is 1. The molecule has 4 aromatic rings. The van der Waals surface area contributed by atoms with Gasteiger partial charge in [0.1, 0.15) is 6.10 Å². The van der Waals surface area contributed by atoms with E-state index in [2.05, 4.69) is 15.3 Å². The number of hydrogen-bond acceptors (Lipinski definition) is 4. The molecule has 178 valence electrons. The summed E-state index contributed by atoms with van der Waals surface area (Å²) in [7, 11) is 0. The molecule has 1 amide bonds. The third-order valence-corrected chi connectivity index (χ3v) is 5.70. The van der Waals surface area contributed by atoms with Crippen LogP contribution in [0.1, 0.15) is 18.1 Å². The summed E-state index contributed by atoms with van der Waals surface area (Å²) in [5, 5.41) is 12.7. The van der Waals surface area contributed by atoms with Crippen molar-refractivity contribution in [1.82, 2.24) is 9.97 Å². The van der Waals surface area contributed by atoms with Gasteiger partial charge in [0.15, 0.2) is 0 Å². The average molecular weight is 494 g/mol. The van der Waals surface area contributed by atoms with E-state index in [1.54, 1.807) is 30.6 Å². The first-order valence-electron chi connectivity index (χ1n) is 10.9. The fourth-order valence-electron chi connectivity index (χ4n) is 3.58. The molecular formula is C27H22ClF2N3O2. The van der Waals surface area contributed by atoms with Crippen LogP contribution < -0.4 is 5.32 Å². The van der Waals surface area contributed by atoms with Crippen molar-refractivity contribution in [2.75, 3.05) is 5.32 Å². The Bertz CT molecular complexity index is 1330. The van der Waals surface area contributed by atoms with Crippen molar-refractivity contribution >= 4 is 23.2 Å². The van der Waals surface area contributed by atoms with E-state index in [9.17, 15) is 18.7 Å². The van der Waals surface area contributed by atoms with E-state index in [0.29, 0.717) is 27.7 Å². The lowest BCUT2D eigenvalue weighted by Gasteiger charge is -2.19. The van der Waals surface area contributed by atoms with Crippen molar-refractivity contribution < 1.29 is 18.7 Å². The second kappa shape index (κ2) is 10.3. The first-order valence-corrected chi connectivity index (χ1v) is 11.2. The SMILES string of the molecule is CC(O)C(F)(F)c1ccc(CC(=O)Nc2ccc(-c3nccnc3-c3cccc(Cl)c3)cc2)cc1. The van der Waals surface area contributed by atoms with Crippen LogP contribution >= 0.6 is 11.6 Å². The number of aromatic nitrogens is 2. The highest BCUT2D eigenvalue weighted by molar-refractivity contribution is 6.30. The van der Waals surface area contributed by atoms with E-state index in [1.807, 2.05) is 30.3 Å².